The van der Waals surface area contributed by atoms with Crippen molar-refractivity contribution in [2.75, 3.05) is 6.61 Å². The number of nitrogens with zero attached hydrogens (tertiary/aromatic N) is 3. The molecule has 6 nitrogen and oxygen atoms in total. The average Bonchev–Trinajstić information content (AvgIpc) is 3.07. The van der Waals surface area contributed by atoms with Gasteiger partial charge in [0, 0.05) is 5.56 Å². The van der Waals surface area contributed by atoms with Gasteiger partial charge in [-0.15, -0.1) is 0 Å². The SMILES string of the molecule is CCCCCCOc1nc(-c2ccc(COC(CC)CCCC)cc2O)nc(-c2ccc3ccc4cccc5ccc2c3c45)n1. The van der Waals surface area contributed by atoms with Crippen molar-refractivity contribution in [3.63, 3.8) is 0 Å². The Morgan fingerprint density at radius 1 is 0.689 bits per heavy atom. The molecular formula is C39H43N3O3. The second-order valence-electron chi connectivity index (χ2n) is 12.0. The fourth-order valence-electron chi connectivity index (χ4n) is 6.19. The summed E-state index contributed by atoms with van der Waals surface area (Å²) in [4.78, 5) is 14.4. The van der Waals surface area contributed by atoms with E-state index in [1.807, 2.05) is 12.1 Å². The quantitative estimate of drug-likeness (QED) is 0.0932. The minimum Gasteiger partial charge on any atom is -0.507 e. The molecule has 0 saturated carbocycles. The van der Waals surface area contributed by atoms with E-state index < -0.39 is 0 Å². The van der Waals surface area contributed by atoms with E-state index in [0.29, 0.717) is 30.4 Å². The van der Waals surface area contributed by atoms with Gasteiger partial charge in [0.1, 0.15) is 5.75 Å². The maximum Gasteiger partial charge on any atom is 0.320 e. The molecule has 6 heteroatoms. The third kappa shape index (κ3) is 6.71. The summed E-state index contributed by atoms with van der Waals surface area (Å²) in [5.74, 6) is 1.02. The van der Waals surface area contributed by atoms with Crippen LogP contribution >= 0.6 is 0 Å². The summed E-state index contributed by atoms with van der Waals surface area (Å²) >= 11 is 0. The number of rotatable bonds is 15. The van der Waals surface area contributed by atoms with Crippen LogP contribution in [0.1, 0.15) is 77.7 Å². The summed E-state index contributed by atoms with van der Waals surface area (Å²) in [7, 11) is 0. The second-order valence-corrected chi connectivity index (χ2v) is 12.0. The van der Waals surface area contributed by atoms with Gasteiger partial charge in [-0.3, -0.25) is 0 Å². The van der Waals surface area contributed by atoms with Crippen LogP contribution < -0.4 is 4.74 Å². The zero-order valence-electron chi connectivity index (χ0n) is 26.7. The number of unbranched alkanes of at least 4 members (excludes halogenated alkanes) is 4. The Morgan fingerprint density at radius 2 is 1.38 bits per heavy atom. The average molecular weight is 602 g/mol. The van der Waals surface area contributed by atoms with Gasteiger partial charge < -0.3 is 14.6 Å². The maximum atomic E-state index is 11.2. The Hall–Kier alpha value is -4.29. The van der Waals surface area contributed by atoms with Crippen LogP contribution in [0, 0.1) is 0 Å². The van der Waals surface area contributed by atoms with Gasteiger partial charge in [-0.1, -0.05) is 107 Å². The molecule has 0 radical (unpaired) electrons. The first-order chi connectivity index (χ1) is 22.1. The van der Waals surface area contributed by atoms with Crippen molar-refractivity contribution in [1.29, 1.82) is 0 Å². The first kappa shape index (κ1) is 30.7. The van der Waals surface area contributed by atoms with Gasteiger partial charge in [0.25, 0.3) is 0 Å². The lowest BCUT2D eigenvalue weighted by atomic mass is 9.92. The van der Waals surface area contributed by atoms with Crippen LogP contribution in [0.5, 0.6) is 11.8 Å². The number of phenolic OH excluding ortho intramolecular Hbond substituents is 1. The van der Waals surface area contributed by atoms with Crippen LogP contribution in [0.15, 0.2) is 72.8 Å². The van der Waals surface area contributed by atoms with Crippen molar-refractivity contribution in [3.8, 4) is 34.5 Å². The molecule has 0 spiro atoms. The standard InChI is InChI=1S/C39H43N3O3/c1-4-7-9-10-23-44-39-41-37(32-22-19-29-17-16-27-12-11-13-28-18-21-31(32)36(29)35(27)28)40-38(42-39)33-20-15-26(24-34(33)43)25-45-30(6-3)14-8-5-2/h11-13,15-22,24,30,43H,4-10,14,23,25H2,1-3H3. The van der Waals surface area contributed by atoms with Crippen LogP contribution in [0.25, 0.3) is 55.1 Å². The summed E-state index contributed by atoms with van der Waals surface area (Å²) in [6.45, 7) is 7.53. The van der Waals surface area contributed by atoms with Crippen LogP contribution in [0.4, 0.5) is 0 Å². The number of aromatic nitrogens is 3. The number of ether oxygens (including phenoxy) is 2. The second kappa shape index (κ2) is 14.2. The van der Waals surface area contributed by atoms with E-state index in [9.17, 15) is 5.11 Å². The summed E-state index contributed by atoms with van der Waals surface area (Å²) < 4.78 is 12.3. The van der Waals surface area contributed by atoms with Gasteiger partial charge in [-0.25, -0.2) is 4.98 Å². The lowest BCUT2D eigenvalue weighted by Gasteiger charge is -2.16. The Balaban J connectivity index is 1.38. The van der Waals surface area contributed by atoms with Crippen LogP contribution in [-0.4, -0.2) is 32.8 Å². The van der Waals surface area contributed by atoms with Gasteiger partial charge in [0.2, 0.25) is 0 Å². The van der Waals surface area contributed by atoms with E-state index in [4.69, 9.17) is 19.4 Å². The van der Waals surface area contributed by atoms with Crippen molar-refractivity contribution in [2.45, 2.75) is 84.8 Å². The molecule has 1 aromatic heterocycles. The van der Waals surface area contributed by atoms with Crippen molar-refractivity contribution in [2.24, 2.45) is 0 Å². The molecule has 45 heavy (non-hydrogen) atoms. The van der Waals surface area contributed by atoms with E-state index in [1.165, 1.54) is 33.4 Å². The van der Waals surface area contributed by atoms with Crippen LogP contribution in [-0.2, 0) is 11.3 Å². The number of aromatic hydroxyl groups is 1. The van der Waals surface area contributed by atoms with Crippen molar-refractivity contribution in [1.82, 2.24) is 15.0 Å². The van der Waals surface area contributed by atoms with Crippen LogP contribution in [0.3, 0.4) is 0 Å². The Bertz CT molecular complexity index is 1870. The summed E-state index contributed by atoms with van der Waals surface area (Å²) in [5.41, 5.74) is 2.36. The Labute approximate surface area is 265 Å². The van der Waals surface area contributed by atoms with E-state index in [2.05, 4.69) is 80.4 Å². The highest BCUT2D eigenvalue weighted by atomic mass is 16.5. The molecule has 0 aliphatic rings. The first-order valence-electron chi connectivity index (χ1n) is 16.6. The van der Waals surface area contributed by atoms with Crippen molar-refractivity contribution in [3.05, 3.63) is 78.4 Å². The molecule has 232 valence electrons. The smallest absolute Gasteiger partial charge is 0.320 e. The molecule has 0 aliphatic heterocycles. The number of benzene rings is 5. The largest absolute Gasteiger partial charge is 0.507 e. The minimum atomic E-state index is 0.110. The lowest BCUT2D eigenvalue weighted by molar-refractivity contribution is 0.0312. The lowest BCUT2D eigenvalue weighted by Crippen LogP contribution is -2.11. The highest BCUT2D eigenvalue weighted by Crippen LogP contribution is 2.39. The third-order valence-electron chi connectivity index (χ3n) is 8.74. The minimum absolute atomic E-state index is 0.110. The Kier molecular flexibility index (Phi) is 9.70. The number of hydrogen-bond donors (Lipinski definition) is 1. The fraction of sp³-hybridized carbons (Fsp3) is 0.359. The fourth-order valence-corrected chi connectivity index (χ4v) is 6.19. The molecule has 1 heterocycles. The van der Waals surface area contributed by atoms with Crippen molar-refractivity contribution < 1.29 is 14.6 Å². The number of phenols is 1. The molecule has 0 aliphatic carbocycles. The first-order valence-corrected chi connectivity index (χ1v) is 16.6. The molecule has 0 saturated heterocycles. The van der Waals surface area contributed by atoms with Gasteiger partial charge in [0.05, 0.1) is 24.9 Å². The van der Waals surface area contributed by atoms with Crippen LogP contribution in [0.2, 0.25) is 0 Å². The molecule has 1 N–H and O–H groups in total. The van der Waals surface area contributed by atoms with E-state index in [-0.39, 0.29) is 17.9 Å². The van der Waals surface area contributed by atoms with Crippen molar-refractivity contribution >= 4 is 32.3 Å². The predicted octanol–water partition coefficient (Wildman–Crippen LogP) is 10.3. The van der Waals surface area contributed by atoms with Gasteiger partial charge in [-0.05, 0) is 75.3 Å². The molecule has 0 amide bonds. The molecule has 6 rings (SSSR count). The maximum absolute atomic E-state index is 11.2. The van der Waals surface area contributed by atoms with E-state index >= 15 is 0 Å². The summed E-state index contributed by atoms with van der Waals surface area (Å²) in [6.07, 6.45) is 8.91. The molecule has 6 aromatic rings. The van der Waals surface area contributed by atoms with Gasteiger partial charge in [-0.2, -0.15) is 9.97 Å². The molecule has 0 bridgehead atoms. The molecular weight excluding hydrogens is 558 g/mol. The summed E-state index contributed by atoms with van der Waals surface area (Å²) in [6, 6.07) is 25.2. The zero-order valence-corrected chi connectivity index (χ0v) is 26.7. The molecule has 1 atom stereocenters. The van der Waals surface area contributed by atoms with E-state index in [1.54, 1.807) is 6.07 Å². The Morgan fingerprint density at radius 3 is 2.11 bits per heavy atom. The zero-order chi connectivity index (χ0) is 31.2. The van der Waals surface area contributed by atoms with Gasteiger partial charge in [0.15, 0.2) is 11.6 Å². The molecule has 5 aromatic carbocycles. The normalized spacial score (nSPS) is 12.4. The molecule has 0 fully saturated rings. The summed E-state index contributed by atoms with van der Waals surface area (Å²) in [5, 5.41) is 18.3. The van der Waals surface area contributed by atoms with E-state index in [0.717, 1.165) is 61.5 Å². The predicted molar refractivity (Wildman–Crippen MR) is 184 cm³/mol. The highest BCUT2D eigenvalue weighted by Gasteiger charge is 2.18. The number of hydrogen-bond acceptors (Lipinski definition) is 6. The third-order valence-corrected chi connectivity index (χ3v) is 8.74. The molecule has 1 unspecified atom stereocenters. The monoisotopic (exact) mass is 601 g/mol. The highest BCUT2D eigenvalue weighted by molar-refractivity contribution is 6.25. The van der Waals surface area contributed by atoms with Gasteiger partial charge >= 0.3 is 6.01 Å². The topological polar surface area (TPSA) is 77.4 Å².